The first kappa shape index (κ1) is 16.8. The molecule has 2 unspecified atom stereocenters. The average Bonchev–Trinajstić information content (AvgIpc) is 2.85. The molecule has 22 heavy (non-hydrogen) atoms. The monoisotopic (exact) mass is 306 g/mol. The van der Waals surface area contributed by atoms with Gasteiger partial charge in [-0.25, -0.2) is 4.99 Å². The first-order valence-electron chi connectivity index (χ1n) is 8.53. The van der Waals surface area contributed by atoms with Crippen LogP contribution in [0.1, 0.15) is 57.6 Å². The van der Waals surface area contributed by atoms with Crippen LogP contribution in [0.3, 0.4) is 0 Å². The van der Waals surface area contributed by atoms with Crippen LogP contribution in [-0.2, 0) is 13.6 Å². The summed E-state index contributed by atoms with van der Waals surface area (Å²) in [5.41, 5.74) is 0. The van der Waals surface area contributed by atoms with Gasteiger partial charge < -0.3 is 15.2 Å². The van der Waals surface area contributed by atoms with Crippen LogP contribution >= 0.6 is 0 Å². The molecule has 0 aromatic carbocycles. The summed E-state index contributed by atoms with van der Waals surface area (Å²) in [6, 6.07) is 0.540. The van der Waals surface area contributed by atoms with Gasteiger partial charge in [0.1, 0.15) is 12.4 Å². The van der Waals surface area contributed by atoms with Crippen LogP contribution in [0.15, 0.2) is 4.99 Å². The Labute approximate surface area is 133 Å². The molecule has 0 amide bonds. The highest BCUT2D eigenvalue weighted by Gasteiger charge is 2.21. The molecule has 124 valence electrons. The molecule has 0 aliphatic heterocycles. The van der Waals surface area contributed by atoms with E-state index in [2.05, 4.69) is 39.7 Å². The lowest BCUT2D eigenvalue weighted by molar-refractivity contribution is 0.298. The van der Waals surface area contributed by atoms with Crippen molar-refractivity contribution >= 4 is 5.96 Å². The van der Waals surface area contributed by atoms with Crippen LogP contribution in [-0.4, -0.2) is 33.3 Å². The molecule has 2 N–H and O–H groups in total. The molecular formula is C16H30N6. The zero-order chi connectivity index (χ0) is 15.9. The summed E-state index contributed by atoms with van der Waals surface area (Å²) in [7, 11) is 1.98. The highest BCUT2D eigenvalue weighted by atomic mass is 15.3. The van der Waals surface area contributed by atoms with E-state index in [9.17, 15) is 0 Å². The van der Waals surface area contributed by atoms with E-state index in [-0.39, 0.29) is 0 Å². The van der Waals surface area contributed by atoms with Gasteiger partial charge in [0.2, 0.25) is 0 Å². The summed E-state index contributed by atoms with van der Waals surface area (Å²) in [5, 5.41) is 15.2. The molecule has 0 spiro atoms. The summed E-state index contributed by atoms with van der Waals surface area (Å²) in [4.78, 5) is 4.67. The van der Waals surface area contributed by atoms with Gasteiger partial charge in [-0.2, -0.15) is 0 Å². The fourth-order valence-electron chi connectivity index (χ4n) is 3.04. The Morgan fingerprint density at radius 1 is 1.32 bits per heavy atom. The lowest BCUT2D eigenvalue weighted by Crippen LogP contribution is -2.45. The maximum Gasteiger partial charge on any atom is 0.191 e. The number of guanidine groups is 1. The maximum atomic E-state index is 4.67. The van der Waals surface area contributed by atoms with Crippen molar-refractivity contribution in [3.05, 3.63) is 11.6 Å². The van der Waals surface area contributed by atoms with E-state index in [0.717, 1.165) is 30.1 Å². The second kappa shape index (κ2) is 8.15. The summed E-state index contributed by atoms with van der Waals surface area (Å²) in [5.74, 6) is 3.56. The van der Waals surface area contributed by atoms with E-state index in [1.807, 2.05) is 18.5 Å². The van der Waals surface area contributed by atoms with Gasteiger partial charge in [0.15, 0.2) is 11.8 Å². The maximum absolute atomic E-state index is 4.67. The van der Waals surface area contributed by atoms with Crippen LogP contribution in [0.5, 0.6) is 0 Å². The van der Waals surface area contributed by atoms with Crippen molar-refractivity contribution in [2.45, 2.75) is 65.5 Å². The lowest BCUT2D eigenvalue weighted by Gasteiger charge is -2.30. The zero-order valence-corrected chi connectivity index (χ0v) is 14.4. The summed E-state index contributed by atoms with van der Waals surface area (Å²) in [6.45, 7) is 7.77. The van der Waals surface area contributed by atoms with E-state index in [1.165, 1.54) is 32.1 Å². The quantitative estimate of drug-likeness (QED) is 0.646. The molecule has 1 aliphatic carbocycles. The molecule has 2 rings (SSSR count). The number of nitrogens with one attached hydrogen (secondary N) is 2. The minimum absolute atomic E-state index is 0.540. The molecule has 1 fully saturated rings. The topological polar surface area (TPSA) is 67.1 Å². The van der Waals surface area contributed by atoms with Gasteiger partial charge in [0, 0.05) is 19.6 Å². The van der Waals surface area contributed by atoms with Gasteiger partial charge in [-0.05, 0) is 32.6 Å². The largest absolute Gasteiger partial charge is 0.357 e. The SMILES string of the molecule is CCNC(=NCc1nnc(C)n1C)NC1CCCC(CC)C1. The van der Waals surface area contributed by atoms with Crippen molar-refractivity contribution in [3.8, 4) is 0 Å². The van der Waals surface area contributed by atoms with Gasteiger partial charge in [-0.1, -0.05) is 26.2 Å². The lowest BCUT2D eigenvalue weighted by atomic mass is 9.84. The Hall–Kier alpha value is -1.59. The molecule has 0 radical (unpaired) electrons. The molecule has 1 heterocycles. The van der Waals surface area contributed by atoms with E-state index >= 15 is 0 Å². The fourth-order valence-corrected chi connectivity index (χ4v) is 3.04. The number of aromatic nitrogens is 3. The molecule has 6 nitrogen and oxygen atoms in total. The third-order valence-corrected chi connectivity index (χ3v) is 4.61. The standard InChI is InChI=1S/C16H30N6/c1-5-13-8-7-9-14(10-13)19-16(17-6-2)18-11-15-21-20-12(3)22(15)4/h13-14H,5-11H2,1-4H3,(H2,17,18,19). The fraction of sp³-hybridized carbons (Fsp3) is 0.812. The molecule has 0 saturated heterocycles. The Morgan fingerprint density at radius 2 is 2.14 bits per heavy atom. The molecule has 1 aromatic heterocycles. The van der Waals surface area contributed by atoms with Crippen molar-refractivity contribution < 1.29 is 0 Å². The van der Waals surface area contributed by atoms with Gasteiger partial charge in [0.25, 0.3) is 0 Å². The summed E-state index contributed by atoms with van der Waals surface area (Å²) in [6.07, 6.45) is 6.47. The molecule has 1 saturated carbocycles. The second-order valence-corrected chi connectivity index (χ2v) is 6.20. The zero-order valence-electron chi connectivity index (χ0n) is 14.4. The first-order valence-corrected chi connectivity index (χ1v) is 8.53. The number of nitrogens with zero attached hydrogens (tertiary/aromatic N) is 4. The first-order chi connectivity index (χ1) is 10.6. The Bertz CT molecular complexity index is 493. The van der Waals surface area contributed by atoms with Crippen molar-refractivity contribution in [1.29, 1.82) is 0 Å². The summed E-state index contributed by atoms with van der Waals surface area (Å²) < 4.78 is 1.99. The van der Waals surface area contributed by atoms with Crippen LogP contribution in [0.4, 0.5) is 0 Å². The molecule has 1 aromatic rings. The van der Waals surface area contributed by atoms with E-state index in [1.54, 1.807) is 0 Å². The average molecular weight is 306 g/mol. The molecule has 2 atom stereocenters. The summed E-state index contributed by atoms with van der Waals surface area (Å²) >= 11 is 0. The van der Waals surface area contributed by atoms with Crippen LogP contribution in [0, 0.1) is 12.8 Å². The van der Waals surface area contributed by atoms with E-state index < -0.39 is 0 Å². The van der Waals surface area contributed by atoms with Gasteiger partial charge in [0.05, 0.1) is 0 Å². The highest BCUT2D eigenvalue weighted by molar-refractivity contribution is 5.80. The van der Waals surface area contributed by atoms with Crippen molar-refractivity contribution in [1.82, 2.24) is 25.4 Å². The molecule has 6 heteroatoms. The van der Waals surface area contributed by atoms with Crippen molar-refractivity contribution in [3.63, 3.8) is 0 Å². The predicted octanol–water partition coefficient (Wildman–Crippen LogP) is 2.15. The van der Waals surface area contributed by atoms with Crippen LogP contribution in [0.25, 0.3) is 0 Å². The minimum Gasteiger partial charge on any atom is -0.357 e. The molecule has 0 bridgehead atoms. The number of aryl methyl sites for hydroxylation is 1. The minimum atomic E-state index is 0.540. The van der Waals surface area contributed by atoms with Crippen molar-refractivity contribution in [2.24, 2.45) is 18.0 Å². The van der Waals surface area contributed by atoms with Gasteiger partial charge in [-0.3, -0.25) is 0 Å². The second-order valence-electron chi connectivity index (χ2n) is 6.20. The smallest absolute Gasteiger partial charge is 0.191 e. The molecular weight excluding hydrogens is 276 g/mol. The number of aliphatic imine (C=N–C) groups is 1. The van der Waals surface area contributed by atoms with Crippen LogP contribution in [0.2, 0.25) is 0 Å². The third kappa shape index (κ3) is 4.45. The third-order valence-electron chi connectivity index (χ3n) is 4.61. The van der Waals surface area contributed by atoms with Gasteiger partial charge >= 0.3 is 0 Å². The van der Waals surface area contributed by atoms with E-state index in [4.69, 9.17) is 0 Å². The van der Waals surface area contributed by atoms with E-state index in [0.29, 0.717) is 12.6 Å². The Balaban J connectivity index is 1.96. The van der Waals surface area contributed by atoms with Crippen LogP contribution < -0.4 is 10.6 Å². The van der Waals surface area contributed by atoms with Crippen molar-refractivity contribution in [2.75, 3.05) is 6.54 Å². The Kier molecular flexibility index (Phi) is 6.21. The highest BCUT2D eigenvalue weighted by Crippen LogP contribution is 2.26. The normalized spacial score (nSPS) is 22.6. The number of hydrogen-bond donors (Lipinski definition) is 2. The number of hydrogen-bond acceptors (Lipinski definition) is 3. The Morgan fingerprint density at radius 3 is 2.77 bits per heavy atom. The molecule has 1 aliphatic rings. The van der Waals surface area contributed by atoms with Gasteiger partial charge in [-0.15, -0.1) is 10.2 Å². The number of rotatable bonds is 5. The predicted molar refractivity (Wildman–Crippen MR) is 89.7 cm³/mol.